The number of hydrogen-bond donors (Lipinski definition) is 1. The summed E-state index contributed by atoms with van der Waals surface area (Å²) in [5.41, 5.74) is 8.49. The molecule has 106 valence electrons. The van der Waals surface area contributed by atoms with Crippen molar-refractivity contribution in [2.24, 2.45) is 5.73 Å². The second-order valence-electron chi connectivity index (χ2n) is 5.52. The number of hydrogen-bond acceptors (Lipinski definition) is 4. The Labute approximate surface area is 123 Å². The summed E-state index contributed by atoms with van der Waals surface area (Å²) in [5, 5.41) is 1.06. The SMILES string of the molecule is CC(C)Oc1cccc(-c2nc3c(s2)C(N)CCC3)c1. The van der Waals surface area contributed by atoms with E-state index in [-0.39, 0.29) is 12.1 Å². The van der Waals surface area contributed by atoms with Crippen molar-refractivity contribution in [3.05, 3.63) is 34.8 Å². The lowest BCUT2D eigenvalue weighted by atomic mass is 9.99. The number of nitrogens with zero attached hydrogens (tertiary/aromatic N) is 1. The Balaban J connectivity index is 1.93. The van der Waals surface area contributed by atoms with Crippen LogP contribution in [-0.4, -0.2) is 11.1 Å². The Morgan fingerprint density at radius 2 is 2.25 bits per heavy atom. The number of ether oxygens (including phenoxy) is 1. The van der Waals surface area contributed by atoms with Crippen molar-refractivity contribution < 1.29 is 4.74 Å². The highest BCUT2D eigenvalue weighted by molar-refractivity contribution is 7.15. The number of nitrogens with two attached hydrogens (primary N) is 1. The molecule has 0 fully saturated rings. The van der Waals surface area contributed by atoms with Gasteiger partial charge in [-0.1, -0.05) is 12.1 Å². The van der Waals surface area contributed by atoms with Gasteiger partial charge in [-0.25, -0.2) is 4.98 Å². The molecule has 0 spiro atoms. The van der Waals surface area contributed by atoms with Crippen molar-refractivity contribution in [3.8, 4) is 16.3 Å². The predicted octanol–water partition coefficient (Wildman–Crippen LogP) is 3.93. The molecule has 3 nitrogen and oxygen atoms in total. The fourth-order valence-electron chi connectivity index (χ4n) is 2.55. The maximum absolute atomic E-state index is 6.18. The molecule has 1 unspecified atom stereocenters. The summed E-state index contributed by atoms with van der Waals surface area (Å²) in [7, 11) is 0. The lowest BCUT2D eigenvalue weighted by Gasteiger charge is -2.15. The average Bonchev–Trinajstić information content (AvgIpc) is 2.84. The minimum absolute atomic E-state index is 0.167. The van der Waals surface area contributed by atoms with E-state index in [9.17, 15) is 0 Å². The molecule has 1 heterocycles. The zero-order chi connectivity index (χ0) is 14.1. The maximum atomic E-state index is 6.18. The first-order chi connectivity index (χ1) is 9.63. The molecule has 1 atom stereocenters. The summed E-state index contributed by atoms with van der Waals surface area (Å²) >= 11 is 1.73. The third kappa shape index (κ3) is 2.72. The zero-order valence-corrected chi connectivity index (χ0v) is 12.7. The highest BCUT2D eigenvalue weighted by atomic mass is 32.1. The molecule has 0 saturated carbocycles. The van der Waals surface area contributed by atoms with Gasteiger partial charge in [0.25, 0.3) is 0 Å². The smallest absolute Gasteiger partial charge is 0.124 e. The van der Waals surface area contributed by atoms with Crippen LogP contribution in [0.2, 0.25) is 0 Å². The third-order valence-corrected chi connectivity index (χ3v) is 4.72. The summed E-state index contributed by atoms with van der Waals surface area (Å²) in [4.78, 5) is 6.04. The topological polar surface area (TPSA) is 48.1 Å². The highest BCUT2D eigenvalue weighted by Gasteiger charge is 2.22. The maximum Gasteiger partial charge on any atom is 0.124 e. The normalized spacial score (nSPS) is 18.1. The van der Waals surface area contributed by atoms with Crippen LogP contribution in [0.25, 0.3) is 10.6 Å². The van der Waals surface area contributed by atoms with Gasteiger partial charge in [-0.3, -0.25) is 0 Å². The van der Waals surface area contributed by atoms with Crippen molar-refractivity contribution in [3.63, 3.8) is 0 Å². The number of aryl methyl sites for hydroxylation is 1. The molecule has 0 radical (unpaired) electrons. The number of thiazole rings is 1. The van der Waals surface area contributed by atoms with E-state index >= 15 is 0 Å². The van der Waals surface area contributed by atoms with Crippen LogP contribution in [0.15, 0.2) is 24.3 Å². The fourth-order valence-corrected chi connectivity index (χ4v) is 3.69. The van der Waals surface area contributed by atoms with Gasteiger partial charge in [0.1, 0.15) is 10.8 Å². The average molecular weight is 288 g/mol. The second kappa shape index (κ2) is 5.54. The van der Waals surface area contributed by atoms with E-state index < -0.39 is 0 Å². The number of aromatic nitrogens is 1. The van der Waals surface area contributed by atoms with Crippen LogP contribution < -0.4 is 10.5 Å². The molecule has 3 rings (SSSR count). The van der Waals surface area contributed by atoms with Gasteiger partial charge in [0.2, 0.25) is 0 Å². The van der Waals surface area contributed by atoms with Crippen LogP contribution in [0.4, 0.5) is 0 Å². The van der Waals surface area contributed by atoms with Crippen LogP contribution in [0.3, 0.4) is 0 Å². The van der Waals surface area contributed by atoms with E-state index in [0.717, 1.165) is 35.6 Å². The largest absolute Gasteiger partial charge is 0.491 e. The first-order valence-corrected chi connectivity index (χ1v) is 7.97. The molecule has 0 bridgehead atoms. The van der Waals surface area contributed by atoms with Crippen LogP contribution in [0, 0.1) is 0 Å². The van der Waals surface area contributed by atoms with Gasteiger partial charge >= 0.3 is 0 Å². The molecule has 0 aliphatic heterocycles. The standard InChI is InChI=1S/C16H20N2OS/c1-10(2)19-12-6-3-5-11(9-12)16-18-14-8-4-7-13(17)15(14)20-16/h3,5-6,9-10,13H,4,7-8,17H2,1-2H3. The quantitative estimate of drug-likeness (QED) is 0.930. The predicted molar refractivity (Wildman–Crippen MR) is 83.2 cm³/mol. The Morgan fingerprint density at radius 3 is 3.00 bits per heavy atom. The number of benzene rings is 1. The number of rotatable bonds is 3. The van der Waals surface area contributed by atoms with Crippen LogP contribution in [0.5, 0.6) is 5.75 Å². The lowest BCUT2D eigenvalue weighted by Crippen LogP contribution is -2.15. The highest BCUT2D eigenvalue weighted by Crippen LogP contribution is 2.37. The summed E-state index contributed by atoms with van der Waals surface area (Å²) in [5.74, 6) is 0.898. The van der Waals surface area contributed by atoms with E-state index in [2.05, 4.69) is 12.1 Å². The van der Waals surface area contributed by atoms with Crippen LogP contribution in [-0.2, 0) is 6.42 Å². The summed E-state index contributed by atoms with van der Waals surface area (Å²) in [6, 6.07) is 8.33. The second-order valence-corrected chi connectivity index (χ2v) is 6.55. The Morgan fingerprint density at radius 1 is 1.40 bits per heavy atom. The van der Waals surface area contributed by atoms with E-state index in [1.54, 1.807) is 11.3 Å². The third-order valence-electron chi connectivity index (χ3n) is 3.45. The van der Waals surface area contributed by atoms with Gasteiger partial charge in [0, 0.05) is 16.5 Å². The molecule has 1 aromatic carbocycles. The molecular weight excluding hydrogens is 268 g/mol. The molecule has 1 aromatic heterocycles. The summed E-state index contributed by atoms with van der Waals surface area (Å²) < 4.78 is 5.75. The Kier molecular flexibility index (Phi) is 3.76. The minimum Gasteiger partial charge on any atom is -0.491 e. The Bertz CT molecular complexity index is 606. The van der Waals surface area contributed by atoms with Crippen molar-refractivity contribution in [2.75, 3.05) is 0 Å². The molecule has 0 amide bonds. The van der Waals surface area contributed by atoms with Gasteiger partial charge in [0.15, 0.2) is 0 Å². The van der Waals surface area contributed by atoms with E-state index in [1.807, 2.05) is 26.0 Å². The van der Waals surface area contributed by atoms with Crippen LogP contribution in [0.1, 0.15) is 43.3 Å². The van der Waals surface area contributed by atoms with Crippen molar-refractivity contribution in [1.82, 2.24) is 4.98 Å². The lowest BCUT2D eigenvalue weighted by molar-refractivity contribution is 0.242. The molecule has 0 saturated heterocycles. The zero-order valence-electron chi connectivity index (χ0n) is 11.9. The van der Waals surface area contributed by atoms with Gasteiger partial charge in [-0.05, 0) is 45.2 Å². The van der Waals surface area contributed by atoms with E-state index in [1.165, 1.54) is 10.6 Å². The first-order valence-electron chi connectivity index (χ1n) is 7.16. The molecular formula is C16H20N2OS. The Hall–Kier alpha value is -1.39. The monoisotopic (exact) mass is 288 g/mol. The molecule has 2 aromatic rings. The van der Waals surface area contributed by atoms with Crippen LogP contribution >= 0.6 is 11.3 Å². The molecule has 1 aliphatic rings. The number of fused-ring (bicyclic) bond motifs is 1. The van der Waals surface area contributed by atoms with E-state index in [0.29, 0.717) is 0 Å². The van der Waals surface area contributed by atoms with Gasteiger partial charge in [-0.2, -0.15) is 0 Å². The first kappa shape index (κ1) is 13.6. The van der Waals surface area contributed by atoms with Gasteiger partial charge in [-0.15, -0.1) is 11.3 Å². The van der Waals surface area contributed by atoms with Gasteiger partial charge < -0.3 is 10.5 Å². The van der Waals surface area contributed by atoms with Crippen molar-refractivity contribution in [1.29, 1.82) is 0 Å². The summed E-state index contributed by atoms with van der Waals surface area (Å²) in [6.45, 7) is 4.07. The summed E-state index contributed by atoms with van der Waals surface area (Å²) in [6.07, 6.45) is 3.46. The molecule has 1 aliphatic carbocycles. The fraction of sp³-hybridized carbons (Fsp3) is 0.438. The molecule has 4 heteroatoms. The van der Waals surface area contributed by atoms with Crippen molar-refractivity contribution in [2.45, 2.75) is 45.3 Å². The van der Waals surface area contributed by atoms with Gasteiger partial charge in [0.05, 0.1) is 11.8 Å². The molecule has 20 heavy (non-hydrogen) atoms. The minimum atomic E-state index is 0.167. The van der Waals surface area contributed by atoms with Crippen molar-refractivity contribution >= 4 is 11.3 Å². The van der Waals surface area contributed by atoms with E-state index in [4.69, 9.17) is 15.5 Å². The molecule has 2 N–H and O–H groups in total.